The molecule has 0 unspecified atom stereocenters. The van der Waals surface area contributed by atoms with Crippen LogP contribution in [0.4, 0.5) is 8.78 Å². The quantitative estimate of drug-likeness (QED) is 0.383. The van der Waals surface area contributed by atoms with Crippen LogP contribution in [0.15, 0.2) is 30.5 Å². The number of carboxylic acid groups (broad SMARTS) is 1. The molecular weight excluding hydrogens is 456 g/mol. The fraction of sp³-hybridized carbons (Fsp3) is 0.385. The molecule has 1 saturated heterocycles. The molecule has 2 N–H and O–H groups in total. The van der Waals surface area contributed by atoms with Crippen LogP contribution >= 0.6 is 0 Å². The standard InChI is InChI=1S/C26H27F2N3O4/c1-13(2)24-20(14-7-8-26(3,25(32)33)35-12-14)21-18(9-15-11-29-30-23(15)22(21)28)31(24)16-5-6-17(27)19(10-16)34-4/h5-6,9-11,13-14H,7-8,12H2,1-4H3,(H,29,30)(H,32,33)/t14-,26+/m1/s1. The molecule has 0 amide bonds. The summed E-state index contributed by atoms with van der Waals surface area (Å²) in [7, 11) is 1.40. The summed E-state index contributed by atoms with van der Waals surface area (Å²) in [6.07, 6.45) is 2.39. The van der Waals surface area contributed by atoms with Crippen molar-refractivity contribution in [3.63, 3.8) is 0 Å². The van der Waals surface area contributed by atoms with Crippen molar-refractivity contribution in [2.24, 2.45) is 0 Å². The molecule has 2 atom stereocenters. The van der Waals surface area contributed by atoms with E-state index in [2.05, 4.69) is 10.2 Å². The number of benzene rings is 2. The monoisotopic (exact) mass is 483 g/mol. The highest BCUT2D eigenvalue weighted by Gasteiger charge is 2.41. The van der Waals surface area contributed by atoms with Crippen LogP contribution in [0.25, 0.3) is 27.5 Å². The number of aliphatic carboxylic acids is 1. The number of halogens is 2. The highest BCUT2D eigenvalue weighted by Crippen LogP contribution is 2.45. The Kier molecular flexibility index (Phi) is 5.55. The molecule has 1 aliphatic heterocycles. The number of hydrogen-bond donors (Lipinski definition) is 2. The Morgan fingerprint density at radius 3 is 2.74 bits per heavy atom. The Bertz CT molecular complexity index is 1450. The average Bonchev–Trinajstić information content (AvgIpc) is 3.43. The van der Waals surface area contributed by atoms with E-state index in [4.69, 9.17) is 9.47 Å². The lowest BCUT2D eigenvalue weighted by atomic mass is 9.83. The van der Waals surface area contributed by atoms with Gasteiger partial charge < -0.3 is 19.1 Å². The molecule has 4 aromatic rings. The van der Waals surface area contributed by atoms with Crippen molar-refractivity contribution in [2.75, 3.05) is 13.7 Å². The van der Waals surface area contributed by atoms with E-state index in [0.717, 1.165) is 11.3 Å². The van der Waals surface area contributed by atoms with Gasteiger partial charge in [0.2, 0.25) is 0 Å². The van der Waals surface area contributed by atoms with Gasteiger partial charge in [-0.3, -0.25) is 5.10 Å². The summed E-state index contributed by atoms with van der Waals surface area (Å²) in [5.41, 5.74) is 1.93. The van der Waals surface area contributed by atoms with Crippen LogP contribution in [-0.4, -0.2) is 45.2 Å². The average molecular weight is 484 g/mol. The summed E-state index contributed by atoms with van der Waals surface area (Å²) in [4.78, 5) is 11.7. The topological polar surface area (TPSA) is 89.4 Å². The molecule has 0 spiro atoms. The van der Waals surface area contributed by atoms with Crippen LogP contribution in [0, 0.1) is 11.6 Å². The van der Waals surface area contributed by atoms with Gasteiger partial charge in [0, 0.05) is 34.1 Å². The highest BCUT2D eigenvalue weighted by molar-refractivity contribution is 6.00. The Hall–Kier alpha value is -3.46. The van der Waals surface area contributed by atoms with Crippen molar-refractivity contribution in [2.45, 2.75) is 51.0 Å². The number of nitrogens with zero attached hydrogens (tertiary/aromatic N) is 2. The lowest BCUT2D eigenvalue weighted by molar-refractivity contribution is -0.170. The highest BCUT2D eigenvalue weighted by atomic mass is 19.1. The Balaban J connectivity index is 1.81. The van der Waals surface area contributed by atoms with Gasteiger partial charge in [-0.05, 0) is 49.4 Å². The molecule has 5 rings (SSSR count). The number of methoxy groups -OCH3 is 1. The SMILES string of the molecule is COc1cc(-n2c(C(C)C)c([C@@H]3CC[C@@](C)(C(=O)O)OC3)c3c(F)c4[nH]ncc4cc32)ccc1F. The smallest absolute Gasteiger partial charge is 0.335 e. The molecule has 0 radical (unpaired) electrons. The summed E-state index contributed by atoms with van der Waals surface area (Å²) in [6, 6.07) is 6.44. The maximum atomic E-state index is 16.1. The van der Waals surface area contributed by atoms with Gasteiger partial charge in [0.15, 0.2) is 23.0 Å². The van der Waals surface area contributed by atoms with E-state index in [1.54, 1.807) is 25.3 Å². The predicted octanol–water partition coefficient (Wildman–Crippen LogP) is 5.65. The van der Waals surface area contributed by atoms with E-state index in [1.807, 2.05) is 24.5 Å². The summed E-state index contributed by atoms with van der Waals surface area (Å²) in [6.45, 7) is 5.75. The van der Waals surface area contributed by atoms with Gasteiger partial charge in [-0.15, -0.1) is 0 Å². The van der Waals surface area contributed by atoms with Crippen LogP contribution in [-0.2, 0) is 9.53 Å². The second kappa shape index (κ2) is 8.34. The predicted molar refractivity (Wildman–Crippen MR) is 127 cm³/mol. The number of hydrogen-bond acceptors (Lipinski definition) is 4. The van der Waals surface area contributed by atoms with E-state index in [0.29, 0.717) is 40.3 Å². The minimum Gasteiger partial charge on any atom is -0.494 e. The molecule has 0 saturated carbocycles. The minimum atomic E-state index is -1.27. The fourth-order valence-corrected chi connectivity index (χ4v) is 5.18. The maximum absolute atomic E-state index is 16.1. The molecule has 3 heterocycles. The molecule has 1 aliphatic rings. The number of H-pyrrole nitrogens is 1. The van der Waals surface area contributed by atoms with Crippen LogP contribution in [0.1, 0.15) is 56.7 Å². The summed E-state index contributed by atoms with van der Waals surface area (Å²) in [5.74, 6) is -2.09. The third-order valence-corrected chi connectivity index (χ3v) is 7.06. The Labute approximate surface area is 200 Å². The van der Waals surface area contributed by atoms with E-state index in [-0.39, 0.29) is 24.2 Å². The molecule has 9 heteroatoms. The molecule has 0 aliphatic carbocycles. The molecule has 0 bridgehead atoms. The van der Waals surface area contributed by atoms with E-state index >= 15 is 4.39 Å². The number of ether oxygens (including phenoxy) is 2. The number of aromatic amines is 1. The number of aromatic nitrogens is 3. The van der Waals surface area contributed by atoms with Gasteiger partial charge in [0.05, 0.1) is 25.4 Å². The van der Waals surface area contributed by atoms with E-state index in [1.165, 1.54) is 13.2 Å². The van der Waals surface area contributed by atoms with Gasteiger partial charge in [0.1, 0.15) is 5.52 Å². The van der Waals surface area contributed by atoms with Crippen LogP contribution < -0.4 is 4.74 Å². The van der Waals surface area contributed by atoms with Gasteiger partial charge in [-0.2, -0.15) is 5.10 Å². The van der Waals surface area contributed by atoms with Crippen LogP contribution in [0.2, 0.25) is 0 Å². The number of nitrogens with one attached hydrogen (secondary N) is 1. The van der Waals surface area contributed by atoms with E-state index < -0.39 is 23.2 Å². The molecular formula is C26H27F2N3O4. The summed E-state index contributed by atoms with van der Waals surface area (Å²) >= 11 is 0. The molecule has 35 heavy (non-hydrogen) atoms. The van der Waals surface area contributed by atoms with Gasteiger partial charge in [0.25, 0.3) is 0 Å². The maximum Gasteiger partial charge on any atom is 0.335 e. The number of carboxylic acids is 1. The number of rotatable bonds is 5. The first-order chi connectivity index (χ1) is 16.7. The number of fused-ring (bicyclic) bond motifs is 2. The van der Waals surface area contributed by atoms with Crippen molar-refractivity contribution >= 4 is 27.8 Å². The van der Waals surface area contributed by atoms with Crippen molar-refractivity contribution in [3.05, 3.63) is 53.4 Å². The summed E-state index contributed by atoms with van der Waals surface area (Å²) < 4.78 is 43.3. The lowest BCUT2D eigenvalue weighted by Crippen LogP contribution is -2.43. The zero-order valence-electron chi connectivity index (χ0n) is 20.0. The molecule has 2 aromatic carbocycles. The van der Waals surface area contributed by atoms with Gasteiger partial charge >= 0.3 is 5.97 Å². The molecule has 184 valence electrons. The first kappa shape index (κ1) is 23.3. The summed E-state index contributed by atoms with van der Waals surface area (Å²) in [5, 5.41) is 17.4. The lowest BCUT2D eigenvalue weighted by Gasteiger charge is -2.35. The van der Waals surface area contributed by atoms with Gasteiger partial charge in [-0.1, -0.05) is 13.8 Å². The minimum absolute atomic E-state index is 0.0305. The van der Waals surface area contributed by atoms with E-state index in [9.17, 15) is 14.3 Å². The van der Waals surface area contributed by atoms with Crippen molar-refractivity contribution in [1.82, 2.24) is 14.8 Å². The number of carbonyl (C=O) groups is 1. The van der Waals surface area contributed by atoms with Crippen molar-refractivity contribution in [1.29, 1.82) is 0 Å². The second-order valence-corrected chi connectivity index (χ2v) is 9.61. The molecule has 2 aromatic heterocycles. The van der Waals surface area contributed by atoms with Crippen LogP contribution in [0.5, 0.6) is 5.75 Å². The van der Waals surface area contributed by atoms with Crippen molar-refractivity contribution < 1.29 is 28.2 Å². The Morgan fingerprint density at radius 1 is 1.34 bits per heavy atom. The Morgan fingerprint density at radius 2 is 2.11 bits per heavy atom. The third kappa shape index (κ3) is 3.56. The molecule has 7 nitrogen and oxygen atoms in total. The second-order valence-electron chi connectivity index (χ2n) is 9.61. The fourth-order valence-electron chi connectivity index (χ4n) is 5.18. The third-order valence-electron chi connectivity index (χ3n) is 7.06. The zero-order valence-corrected chi connectivity index (χ0v) is 20.0. The van der Waals surface area contributed by atoms with Crippen molar-refractivity contribution in [3.8, 4) is 11.4 Å². The first-order valence-electron chi connectivity index (χ1n) is 11.6. The largest absolute Gasteiger partial charge is 0.494 e. The molecule has 1 fully saturated rings. The van der Waals surface area contributed by atoms with Crippen LogP contribution in [0.3, 0.4) is 0 Å². The van der Waals surface area contributed by atoms with Gasteiger partial charge in [-0.25, -0.2) is 13.6 Å². The normalized spacial score (nSPS) is 20.7. The first-order valence-corrected chi connectivity index (χ1v) is 11.6. The zero-order chi connectivity index (χ0) is 25.1.